The van der Waals surface area contributed by atoms with Crippen LogP contribution in [0, 0.1) is 5.41 Å². The van der Waals surface area contributed by atoms with Crippen molar-refractivity contribution >= 4 is 22.7 Å². The molecule has 0 rings (SSSR count). The number of halogens is 1. The quantitative estimate of drug-likeness (QED) is 0.558. The van der Waals surface area contributed by atoms with Gasteiger partial charge in [0.1, 0.15) is 5.17 Å². The number of hydrogen-bond acceptors (Lipinski definition) is 2. The van der Waals surface area contributed by atoms with Crippen LogP contribution in [0.4, 0.5) is 0 Å². The highest BCUT2D eigenvalue weighted by Gasteiger charge is 1.98. The van der Waals surface area contributed by atoms with Crippen LogP contribution in [-0.4, -0.2) is 11.1 Å². The van der Waals surface area contributed by atoms with E-state index in [2.05, 4.69) is 11.9 Å². The summed E-state index contributed by atoms with van der Waals surface area (Å²) in [6, 6.07) is 0. The van der Waals surface area contributed by atoms with Crippen molar-refractivity contribution in [2.24, 2.45) is 0 Å². The van der Waals surface area contributed by atoms with E-state index in [1.807, 2.05) is 0 Å². The zero-order valence-electron chi connectivity index (χ0n) is 4.99. The highest BCUT2D eigenvalue weighted by Crippen LogP contribution is 1.90. The van der Waals surface area contributed by atoms with Gasteiger partial charge in [0.2, 0.25) is 5.91 Å². The van der Waals surface area contributed by atoms with Crippen molar-refractivity contribution in [1.82, 2.24) is 5.32 Å². The Morgan fingerprint density at radius 2 is 2.22 bits per heavy atom. The summed E-state index contributed by atoms with van der Waals surface area (Å²) in [5.74, 6) is -0.273. The van der Waals surface area contributed by atoms with E-state index in [1.54, 1.807) is 0 Å². The normalized spacial score (nSPS) is 8.22. The van der Waals surface area contributed by atoms with Gasteiger partial charge in [-0.1, -0.05) is 18.2 Å². The van der Waals surface area contributed by atoms with Crippen molar-refractivity contribution in [1.29, 1.82) is 5.41 Å². The molecule has 0 fully saturated rings. The molecule has 0 aliphatic heterocycles. The van der Waals surface area contributed by atoms with Crippen molar-refractivity contribution in [3.05, 3.63) is 12.3 Å². The Morgan fingerprint density at radius 3 is 2.33 bits per heavy atom. The van der Waals surface area contributed by atoms with Crippen molar-refractivity contribution in [2.75, 3.05) is 0 Å². The number of hydrogen-bond donors (Lipinski definition) is 2. The molecular weight excluding hydrogens is 140 g/mol. The minimum absolute atomic E-state index is 0.129. The predicted molar refractivity (Wildman–Crippen MR) is 36.5 cm³/mol. The molecule has 0 saturated carbocycles. The van der Waals surface area contributed by atoms with Crippen LogP contribution in [0.15, 0.2) is 12.3 Å². The van der Waals surface area contributed by atoms with Gasteiger partial charge in [0.05, 0.1) is 5.70 Å². The molecule has 0 aliphatic rings. The van der Waals surface area contributed by atoms with Gasteiger partial charge < -0.3 is 5.32 Å². The molecule has 0 radical (unpaired) electrons. The lowest BCUT2D eigenvalue weighted by atomic mass is 10.5. The van der Waals surface area contributed by atoms with Crippen molar-refractivity contribution < 1.29 is 4.79 Å². The van der Waals surface area contributed by atoms with Crippen LogP contribution in [0.3, 0.4) is 0 Å². The summed E-state index contributed by atoms with van der Waals surface area (Å²) < 4.78 is 0. The number of carbonyl (C=O) groups excluding carboxylic acids is 1. The lowest BCUT2D eigenvalue weighted by Gasteiger charge is -1.99. The van der Waals surface area contributed by atoms with E-state index in [0.29, 0.717) is 0 Å². The largest absolute Gasteiger partial charge is 0.324 e. The number of amides is 1. The molecule has 0 spiro atoms. The lowest BCUT2D eigenvalue weighted by Crippen LogP contribution is -2.21. The summed E-state index contributed by atoms with van der Waals surface area (Å²) >= 11 is 5.14. The molecule has 0 heterocycles. The zero-order chi connectivity index (χ0) is 7.44. The Morgan fingerprint density at radius 1 is 1.78 bits per heavy atom. The van der Waals surface area contributed by atoms with Gasteiger partial charge in [-0.15, -0.1) is 0 Å². The molecule has 0 unspecified atom stereocenters. The van der Waals surface area contributed by atoms with Gasteiger partial charge in [0.25, 0.3) is 0 Å². The number of carbonyl (C=O) groups is 1. The second-order valence-electron chi connectivity index (χ2n) is 1.47. The second-order valence-corrected chi connectivity index (χ2v) is 1.85. The first-order valence-corrected chi connectivity index (χ1v) is 2.62. The zero-order valence-corrected chi connectivity index (χ0v) is 5.75. The molecule has 0 aromatic carbocycles. The van der Waals surface area contributed by atoms with E-state index < -0.39 is 0 Å². The summed E-state index contributed by atoms with van der Waals surface area (Å²) in [4.78, 5) is 10.2. The van der Waals surface area contributed by atoms with E-state index >= 15 is 0 Å². The van der Waals surface area contributed by atoms with Crippen LogP contribution in [-0.2, 0) is 4.79 Å². The predicted octanol–water partition coefficient (Wildman–Crippen LogP) is 0.852. The molecule has 0 saturated heterocycles. The number of rotatable bonds is 2. The minimum Gasteiger partial charge on any atom is -0.324 e. The fraction of sp³-hybridized carbons (Fsp3) is 0.200. The standard InChI is InChI=1S/C5H7ClN2O/c1-3(5(6)7)8-4(2)9/h7H,1H2,2H3,(H,8,9). The SMILES string of the molecule is C=C(NC(C)=O)C(=N)Cl. The van der Waals surface area contributed by atoms with Gasteiger partial charge in [-0.2, -0.15) is 0 Å². The molecule has 0 aliphatic carbocycles. The average molecular weight is 147 g/mol. The Kier molecular flexibility index (Phi) is 2.95. The number of allylic oxidation sites excluding steroid dienone is 1. The summed E-state index contributed by atoms with van der Waals surface area (Å²) in [5.41, 5.74) is 0.129. The van der Waals surface area contributed by atoms with Gasteiger partial charge >= 0.3 is 0 Å². The fourth-order valence-corrected chi connectivity index (χ4v) is 0.315. The van der Waals surface area contributed by atoms with Crippen LogP contribution in [0.5, 0.6) is 0 Å². The van der Waals surface area contributed by atoms with Crippen LogP contribution >= 0.6 is 11.6 Å². The molecule has 0 atom stereocenters. The van der Waals surface area contributed by atoms with E-state index in [4.69, 9.17) is 17.0 Å². The Hall–Kier alpha value is -0.830. The topological polar surface area (TPSA) is 53.0 Å². The fourth-order valence-electron chi connectivity index (χ4n) is 0.267. The third-order valence-electron chi connectivity index (χ3n) is 0.592. The highest BCUT2D eigenvalue weighted by molar-refractivity contribution is 6.68. The molecule has 0 bridgehead atoms. The molecule has 9 heavy (non-hydrogen) atoms. The van der Waals surface area contributed by atoms with Gasteiger partial charge in [0, 0.05) is 6.92 Å². The van der Waals surface area contributed by atoms with Crippen molar-refractivity contribution in [2.45, 2.75) is 6.92 Å². The summed E-state index contributed by atoms with van der Waals surface area (Å²) in [6.07, 6.45) is 0. The van der Waals surface area contributed by atoms with Gasteiger partial charge in [-0.05, 0) is 0 Å². The number of nitrogens with one attached hydrogen (secondary N) is 2. The van der Waals surface area contributed by atoms with Crippen LogP contribution in [0.1, 0.15) is 6.92 Å². The van der Waals surface area contributed by atoms with Gasteiger partial charge in [-0.25, -0.2) is 0 Å². The maximum absolute atomic E-state index is 10.2. The molecular formula is C5H7ClN2O. The summed E-state index contributed by atoms with van der Waals surface area (Å²) in [6.45, 7) is 4.63. The van der Waals surface area contributed by atoms with Crippen LogP contribution in [0.2, 0.25) is 0 Å². The Bertz CT molecular complexity index is 164. The van der Waals surface area contributed by atoms with E-state index in [-0.39, 0.29) is 16.8 Å². The lowest BCUT2D eigenvalue weighted by molar-refractivity contribution is -0.118. The van der Waals surface area contributed by atoms with E-state index in [0.717, 1.165) is 0 Å². The first-order chi connectivity index (χ1) is 4.04. The first kappa shape index (κ1) is 8.17. The molecule has 4 heteroatoms. The van der Waals surface area contributed by atoms with Crippen LogP contribution in [0.25, 0.3) is 0 Å². The van der Waals surface area contributed by atoms with Crippen molar-refractivity contribution in [3.63, 3.8) is 0 Å². The molecule has 0 aromatic heterocycles. The van der Waals surface area contributed by atoms with E-state index in [9.17, 15) is 4.79 Å². The molecule has 2 N–H and O–H groups in total. The van der Waals surface area contributed by atoms with Crippen LogP contribution < -0.4 is 5.32 Å². The van der Waals surface area contributed by atoms with Crippen molar-refractivity contribution in [3.8, 4) is 0 Å². The van der Waals surface area contributed by atoms with E-state index in [1.165, 1.54) is 6.92 Å². The third-order valence-corrected chi connectivity index (χ3v) is 0.820. The average Bonchev–Trinajstić information content (AvgIpc) is 1.63. The first-order valence-electron chi connectivity index (χ1n) is 2.25. The molecule has 1 amide bonds. The summed E-state index contributed by atoms with van der Waals surface area (Å²) in [5, 5.41) is 8.75. The van der Waals surface area contributed by atoms with Gasteiger partial charge in [-0.3, -0.25) is 10.2 Å². The minimum atomic E-state index is -0.273. The summed E-state index contributed by atoms with van der Waals surface area (Å²) in [7, 11) is 0. The maximum Gasteiger partial charge on any atom is 0.221 e. The maximum atomic E-state index is 10.2. The smallest absolute Gasteiger partial charge is 0.221 e. The highest BCUT2D eigenvalue weighted by atomic mass is 35.5. The Balaban J connectivity index is 3.79. The van der Waals surface area contributed by atoms with Gasteiger partial charge in [0.15, 0.2) is 0 Å². The second kappa shape index (κ2) is 3.25. The molecule has 3 nitrogen and oxygen atoms in total. The molecule has 50 valence electrons. The third kappa shape index (κ3) is 3.73. The molecule has 0 aromatic rings. The monoisotopic (exact) mass is 146 g/mol. The Labute approximate surface area is 58.2 Å².